The van der Waals surface area contributed by atoms with Gasteiger partial charge in [-0.1, -0.05) is 0 Å². The number of rotatable bonds is 4. The third-order valence-electron chi connectivity index (χ3n) is 3.31. The summed E-state index contributed by atoms with van der Waals surface area (Å²) in [4.78, 5) is 3.94. The zero-order valence-corrected chi connectivity index (χ0v) is 10.9. The Hall–Kier alpha value is -1.43. The fraction of sp³-hybridized carbons (Fsp3) is 0.615. The van der Waals surface area contributed by atoms with Crippen molar-refractivity contribution in [3.63, 3.8) is 0 Å². The van der Waals surface area contributed by atoms with Gasteiger partial charge in [0.05, 0.1) is 6.10 Å². The lowest BCUT2D eigenvalue weighted by Gasteiger charge is -2.26. The molecule has 4 nitrogen and oxygen atoms in total. The molecule has 1 fully saturated rings. The predicted molar refractivity (Wildman–Crippen MR) is 70.2 cm³/mol. The number of pyridine rings is 1. The molecule has 2 rings (SSSR count). The first-order chi connectivity index (χ1) is 9.10. The fourth-order valence-corrected chi connectivity index (χ4v) is 2.27. The lowest BCUT2D eigenvalue weighted by molar-refractivity contribution is 0.126. The number of aliphatic hydroxyl groups is 1. The zero-order chi connectivity index (χ0) is 13.8. The highest BCUT2D eigenvalue weighted by molar-refractivity contribution is 5.48. The van der Waals surface area contributed by atoms with Crippen LogP contribution in [0.2, 0.25) is 0 Å². The number of hydrogen-bond acceptors (Lipinski definition) is 4. The minimum atomic E-state index is -0.691. The van der Waals surface area contributed by atoms with Gasteiger partial charge in [-0.3, -0.25) is 0 Å². The molecule has 3 N–H and O–H groups in total. The van der Waals surface area contributed by atoms with Gasteiger partial charge >= 0.3 is 0 Å². The smallest absolute Gasteiger partial charge is 0.168 e. The first-order valence-corrected chi connectivity index (χ1v) is 6.64. The summed E-state index contributed by atoms with van der Waals surface area (Å²) in [5.41, 5.74) is 0. The lowest BCUT2D eigenvalue weighted by Crippen LogP contribution is -2.29. The van der Waals surface area contributed by atoms with Crippen molar-refractivity contribution in [3.8, 4) is 0 Å². The molecule has 1 saturated carbocycles. The van der Waals surface area contributed by atoms with E-state index in [-0.39, 0.29) is 23.8 Å². The molecule has 0 aromatic carbocycles. The quantitative estimate of drug-likeness (QED) is 0.787. The van der Waals surface area contributed by atoms with Crippen molar-refractivity contribution in [1.82, 2.24) is 4.98 Å². The summed E-state index contributed by atoms with van der Waals surface area (Å²) >= 11 is 0. The van der Waals surface area contributed by atoms with Crippen molar-refractivity contribution in [3.05, 3.63) is 17.7 Å². The molecule has 1 aromatic heterocycles. The number of anilines is 2. The average molecular weight is 271 g/mol. The molecule has 0 unspecified atom stereocenters. The maximum absolute atomic E-state index is 13.7. The SMILES string of the molecule is CCNc1nc(NC2CCC(O)CC2)c(F)cc1F. The third kappa shape index (κ3) is 3.53. The molecule has 0 saturated heterocycles. The first kappa shape index (κ1) is 14.0. The van der Waals surface area contributed by atoms with Gasteiger partial charge in [0.1, 0.15) is 0 Å². The fourth-order valence-electron chi connectivity index (χ4n) is 2.27. The number of aromatic nitrogens is 1. The van der Waals surface area contributed by atoms with Gasteiger partial charge in [0, 0.05) is 18.7 Å². The zero-order valence-electron chi connectivity index (χ0n) is 10.9. The second-order valence-corrected chi connectivity index (χ2v) is 4.83. The minimum absolute atomic E-state index is 0.0576. The molecule has 0 amide bonds. The Morgan fingerprint density at radius 1 is 1.21 bits per heavy atom. The predicted octanol–water partition coefficient (Wildman–Crippen LogP) is 2.51. The van der Waals surface area contributed by atoms with E-state index in [1.54, 1.807) is 0 Å². The summed E-state index contributed by atoms with van der Waals surface area (Å²) in [5, 5.41) is 15.2. The normalized spacial score (nSPS) is 23.2. The van der Waals surface area contributed by atoms with Gasteiger partial charge in [-0.2, -0.15) is 0 Å². The van der Waals surface area contributed by atoms with Crippen LogP contribution in [0.1, 0.15) is 32.6 Å². The second kappa shape index (κ2) is 6.14. The summed E-state index contributed by atoms with van der Waals surface area (Å²) in [7, 11) is 0. The van der Waals surface area contributed by atoms with Crippen molar-refractivity contribution >= 4 is 11.6 Å². The van der Waals surface area contributed by atoms with Crippen LogP contribution >= 0.6 is 0 Å². The molecular formula is C13H19F2N3O. The van der Waals surface area contributed by atoms with Crippen molar-refractivity contribution in [2.75, 3.05) is 17.2 Å². The molecule has 0 aliphatic heterocycles. The lowest BCUT2D eigenvalue weighted by atomic mass is 9.93. The molecule has 0 radical (unpaired) electrons. The Labute approximate surface area is 111 Å². The summed E-state index contributed by atoms with van der Waals surface area (Å²) in [6.45, 7) is 2.34. The van der Waals surface area contributed by atoms with Gasteiger partial charge in [0.25, 0.3) is 0 Å². The highest BCUT2D eigenvalue weighted by Crippen LogP contribution is 2.24. The monoisotopic (exact) mass is 271 g/mol. The molecule has 1 aliphatic carbocycles. The summed E-state index contributed by atoms with van der Waals surface area (Å²) in [6, 6.07) is 0.913. The van der Waals surface area contributed by atoms with E-state index in [9.17, 15) is 13.9 Å². The maximum Gasteiger partial charge on any atom is 0.168 e. The summed E-state index contributed by atoms with van der Waals surface area (Å²) in [6.07, 6.45) is 2.65. The van der Waals surface area contributed by atoms with Crippen molar-refractivity contribution < 1.29 is 13.9 Å². The number of aliphatic hydroxyl groups excluding tert-OH is 1. The number of nitrogens with zero attached hydrogens (tertiary/aromatic N) is 1. The van der Waals surface area contributed by atoms with Crippen molar-refractivity contribution in [2.24, 2.45) is 0 Å². The van der Waals surface area contributed by atoms with E-state index in [4.69, 9.17) is 0 Å². The number of nitrogens with one attached hydrogen (secondary N) is 2. The Bertz CT molecular complexity index is 434. The Morgan fingerprint density at radius 3 is 2.47 bits per heavy atom. The van der Waals surface area contributed by atoms with Crippen molar-refractivity contribution in [1.29, 1.82) is 0 Å². The minimum Gasteiger partial charge on any atom is -0.393 e. The second-order valence-electron chi connectivity index (χ2n) is 4.83. The van der Waals surface area contributed by atoms with Crippen LogP contribution in [0, 0.1) is 11.6 Å². The number of halogens is 2. The molecule has 0 bridgehead atoms. The van der Waals surface area contributed by atoms with Crippen LogP contribution in [0.4, 0.5) is 20.4 Å². The van der Waals surface area contributed by atoms with Crippen LogP contribution in [-0.4, -0.2) is 28.8 Å². The van der Waals surface area contributed by atoms with Crippen LogP contribution in [0.5, 0.6) is 0 Å². The van der Waals surface area contributed by atoms with E-state index in [0.29, 0.717) is 19.4 Å². The van der Waals surface area contributed by atoms with Crippen LogP contribution < -0.4 is 10.6 Å². The van der Waals surface area contributed by atoms with Gasteiger partial charge in [-0.25, -0.2) is 13.8 Å². The van der Waals surface area contributed by atoms with Crippen LogP contribution in [0.3, 0.4) is 0 Å². The molecule has 1 aliphatic rings. The first-order valence-electron chi connectivity index (χ1n) is 6.64. The van der Waals surface area contributed by atoms with E-state index in [0.717, 1.165) is 18.9 Å². The van der Waals surface area contributed by atoms with Gasteiger partial charge < -0.3 is 15.7 Å². The molecule has 1 heterocycles. The van der Waals surface area contributed by atoms with E-state index < -0.39 is 11.6 Å². The van der Waals surface area contributed by atoms with Gasteiger partial charge in [0.15, 0.2) is 23.3 Å². The molecule has 1 aromatic rings. The van der Waals surface area contributed by atoms with Crippen molar-refractivity contribution in [2.45, 2.75) is 44.8 Å². The molecule has 6 heteroatoms. The summed E-state index contributed by atoms with van der Waals surface area (Å²) < 4.78 is 27.1. The van der Waals surface area contributed by atoms with E-state index in [1.165, 1.54) is 0 Å². The maximum atomic E-state index is 13.7. The largest absolute Gasteiger partial charge is 0.393 e. The van der Waals surface area contributed by atoms with Crippen LogP contribution in [-0.2, 0) is 0 Å². The Kier molecular flexibility index (Phi) is 4.52. The van der Waals surface area contributed by atoms with Gasteiger partial charge in [-0.15, -0.1) is 0 Å². The highest BCUT2D eigenvalue weighted by atomic mass is 19.1. The van der Waals surface area contributed by atoms with Gasteiger partial charge in [-0.05, 0) is 32.6 Å². The van der Waals surface area contributed by atoms with E-state index in [1.807, 2.05) is 6.92 Å². The Balaban J connectivity index is 2.08. The Morgan fingerprint density at radius 2 is 1.84 bits per heavy atom. The highest BCUT2D eigenvalue weighted by Gasteiger charge is 2.21. The standard InChI is InChI=1S/C13H19F2N3O/c1-2-16-12-10(14)7-11(15)13(18-12)17-8-3-5-9(19)6-4-8/h7-9,19H,2-6H2,1H3,(H2,16,17,18). The van der Waals surface area contributed by atoms with Crippen LogP contribution in [0.25, 0.3) is 0 Å². The van der Waals surface area contributed by atoms with Gasteiger partial charge in [0.2, 0.25) is 0 Å². The average Bonchev–Trinajstić information content (AvgIpc) is 2.38. The van der Waals surface area contributed by atoms with E-state index in [2.05, 4.69) is 15.6 Å². The molecular weight excluding hydrogens is 252 g/mol. The molecule has 19 heavy (non-hydrogen) atoms. The molecule has 106 valence electrons. The topological polar surface area (TPSA) is 57.2 Å². The third-order valence-corrected chi connectivity index (χ3v) is 3.31. The molecule has 0 spiro atoms. The summed E-state index contributed by atoms with van der Waals surface area (Å²) in [5.74, 6) is -1.25. The number of hydrogen-bond donors (Lipinski definition) is 3. The van der Waals surface area contributed by atoms with Crippen LogP contribution in [0.15, 0.2) is 6.07 Å². The molecule has 0 atom stereocenters. The van der Waals surface area contributed by atoms with E-state index >= 15 is 0 Å².